The number of hydrogen-bond acceptors (Lipinski definition) is 7. The number of non-ortho nitro benzene ring substituents is 1. The number of amides is 1. The van der Waals surface area contributed by atoms with Gasteiger partial charge >= 0.3 is 0 Å². The Morgan fingerprint density at radius 3 is 2.41 bits per heavy atom. The molecule has 8 nitrogen and oxygen atoms in total. The molecule has 1 heterocycles. The molecule has 0 unspecified atom stereocenters. The van der Waals surface area contributed by atoms with Crippen LogP contribution < -0.4 is 9.64 Å². The summed E-state index contributed by atoms with van der Waals surface area (Å²) in [6.45, 7) is 9.20. The number of aromatic nitrogens is 1. The van der Waals surface area contributed by atoms with E-state index >= 15 is 0 Å². The molecule has 0 atom stereocenters. The van der Waals surface area contributed by atoms with E-state index in [1.807, 2.05) is 19.1 Å². The average Bonchev–Trinajstić information content (AvgIpc) is 3.27. The van der Waals surface area contributed by atoms with Crippen molar-refractivity contribution in [2.45, 2.75) is 20.8 Å². The fourth-order valence-electron chi connectivity index (χ4n) is 3.42. The molecule has 0 saturated carbocycles. The molecule has 0 aliphatic carbocycles. The predicted octanol–water partition coefficient (Wildman–Crippen LogP) is 5.33. The summed E-state index contributed by atoms with van der Waals surface area (Å²) in [5.41, 5.74) is 2.54. The first-order chi connectivity index (χ1) is 15.9. The maximum absolute atomic E-state index is 13.2. The summed E-state index contributed by atoms with van der Waals surface area (Å²) in [6, 6.07) is 9.95. The van der Waals surface area contributed by atoms with E-state index in [1.165, 1.54) is 29.5 Å². The number of carbonyl (C=O) groups excluding carboxylic acids is 1. The van der Waals surface area contributed by atoms with Crippen LogP contribution in [-0.4, -0.2) is 54.0 Å². The van der Waals surface area contributed by atoms with Crippen LogP contribution >= 0.6 is 23.7 Å². The summed E-state index contributed by atoms with van der Waals surface area (Å²) < 4.78 is 6.46. The number of aryl methyl sites for hydroxylation is 1. The fraction of sp³-hybridized carbons (Fsp3) is 0.333. The Hall–Kier alpha value is -3.01. The smallest absolute Gasteiger partial charge is 0.269 e. The third-order valence-electron chi connectivity index (χ3n) is 5.47. The number of nitro benzene ring substituents is 1. The van der Waals surface area contributed by atoms with Crippen molar-refractivity contribution in [3.05, 3.63) is 63.7 Å². The molecule has 34 heavy (non-hydrogen) atoms. The number of thiazole rings is 1. The first-order valence-electron chi connectivity index (χ1n) is 10.8. The van der Waals surface area contributed by atoms with Gasteiger partial charge in [0, 0.05) is 31.3 Å². The highest BCUT2D eigenvalue weighted by molar-refractivity contribution is 7.22. The van der Waals surface area contributed by atoms with Gasteiger partial charge in [0.2, 0.25) is 0 Å². The molecule has 0 N–H and O–H groups in total. The number of carbonyl (C=O) groups is 1. The SMILES string of the molecule is CCN(CC)CCN(C(=O)C=Cc1ccc([N+](=O)[O-])cc1)c1nc2c(OC)ccc(C)c2s1.Cl. The monoisotopic (exact) mass is 504 g/mol. The number of benzene rings is 2. The minimum absolute atomic E-state index is 0. The Morgan fingerprint density at radius 1 is 1.15 bits per heavy atom. The molecule has 0 spiro atoms. The lowest BCUT2D eigenvalue weighted by atomic mass is 10.2. The van der Waals surface area contributed by atoms with Crippen LogP contribution in [0, 0.1) is 17.0 Å². The van der Waals surface area contributed by atoms with Crippen molar-refractivity contribution in [2.24, 2.45) is 0 Å². The van der Waals surface area contributed by atoms with E-state index in [0.29, 0.717) is 23.0 Å². The van der Waals surface area contributed by atoms with Crippen LogP contribution in [0.25, 0.3) is 16.3 Å². The molecule has 182 valence electrons. The first-order valence-corrected chi connectivity index (χ1v) is 11.6. The number of likely N-dealkylation sites (N-methyl/N-ethyl adjacent to an activating group) is 1. The molecule has 2 aromatic carbocycles. The number of nitro groups is 1. The van der Waals surface area contributed by atoms with E-state index in [9.17, 15) is 14.9 Å². The van der Waals surface area contributed by atoms with Crippen LogP contribution in [-0.2, 0) is 4.79 Å². The molecule has 1 amide bonds. The Balaban J connectivity index is 0.00000408. The van der Waals surface area contributed by atoms with E-state index in [-0.39, 0.29) is 24.0 Å². The van der Waals surface area contributed by atoms with E-state index in [2.05, 4.69) is 18.7 Å². The maximum atomic E-state index is 13.2. The second-order valence-electron chi connectivity index (χ2n) is 7.46. The van der Waals surface area contributed by atoms with Crippen LogP contribution in [0.2, 0.25) is 0 Å². The molecule has 0 radical (unpaired) electrons. The van der Waals surface area contributed by atoms with Gasteiger partial charge in [0.05, 0.1) is 16.7 Å². The molecule has 0 aliphatic heterocycles. The highest BCUT2D eigenvalue weighted by atomic mass is 35.5. The normalized spacial score (nSPS) is 11.1. The zero-order chi connectivity index (χ0) is 24.0. The Morgan fingerprint density at radius 2 is 1.82 bits per heavy atom. The fourth-order valence-corrected chi connectivity index (χ4v) is 4.51. The molecule has 0 aliphatic rings. The van der Waals surface area contributed by atoms with Crippen molar-refractivity contribution in [2.75, 3.05) is 38.2 Å². The molecule has 10 heteroatoms. The lowest BCUT2D eigenvalue weighted by Gasteiger charge is -2.23. The van der Waals surface area contributed by atoms with Gasteiger partial charge in [0.15, 0.2) is 5.13 Å². The van der Waals surface area contributed by atoms with Crippen molar-refractivity contribution in [1.29, 1.82) is 0 Å². The highest BCUT2D eigenvalue weighted by Gasteiger charge is 2.21. The lowest BCUT2D eigenvalue weighted by molar-refractivity contribution is -0.384. The van der Waals surface area contributed by atoms with E-state index in [0.717, 1.165) is 35.4 Å². The minimum atomic E-state index is -0.447. The van der Waals surface area contributed by atoms with Crippen LogP contribution in [0.3, 0.4) is 0 Å². The van der Waals surface area contributed by atoms with Gasteiger partial charge in [-0.05, 0) is 55.4 Å². The number of nitrogens with zero attached hydrogens (tertiary/aromatic N) is 4. The highest BCUT2D eigenvalue weighted by Crippen LogP contribution is 2.36. The van der Waals surface area contributed by atoms with Crippen LogP contribution in [0.4, 0.5) is 10.8 Å². The van der Waals surface area contributed by atoms with Gasteiger partial charge in [-0.25, -0.2) is 4.98 Å². The van der Waals surface area contributed by atoms with Gasteiger partial charge in [-0.15, -0.1) is 12.4 Å². The molecule has 0 saturated heterocycles. The number of ether oxygens (including phenoxy) is 1. The number of methoxy groups -OCH3 is 1. The Labute approximate surface area is 209 Å². The standard InChI is InChI=1S/C24H28N4O4S.ClH/c1-5-26(6-2)15-16-27(21(29)14-10-18-8-11-19(12-9-18)28(30)31)24-25-22-20(32-4)13-7-17(3)23(22)33-24;/h7-14H,5-6,15-16H2,1-4H3;1H. The van der Waals surface area contributed by atoms with Gasteiger partial charge in [0.25, 0.3) is 11.6 Å². The van der Waals surface area contributed by atoms with Gasteiger partial charge < -0.3 is 9.64 Å². The largest absolute Gasteiger partial charge is 0.494 e. The third kappa shape index (κ3) is 6.31. The van der Waals surface area contributed by atoms with Gasteiger partial charge in [-0.2, -0.15) is 0 Å². The van der Waals surface area contributed by atoms with Crippen LogP contribution in [0.1, 0.15) is 25.0 Å². The molecular weight excluding hydrogens is 476 g/mol. The molecule has 1 aromatic heterocycles. The van der Waals surface area contributed by atoms with Crippen LogP contribution in [0.15, 0.2) is 42.5 Å². The van der Waals surface area contributed by atoms with Gasteiger partial charge in [0.1, 0.15) is 11.3 Å². The zero-order valence-electron chi connectivity index (χ0n) is 19.7. The van der Waals surface area contributed by atoms with Crippen molar-refractivity contribution < 1.29 is 14.5 Å². The number of halogens is 1. The maximum Gasteiger partial charge on any atom is 0.269 e. The molecule has 3 aromatic rings. The van der Waals surface area contributed by atoms with E-state index in [4.69, 9.17) is 9.72 Å². The number of rotatable bonds is 10. The van der Waals surface area contributed by atoms with Crippen molar-refractivity contribution in [1.82, 2.24) is 9.88 Å². The summed E-state index contributed by atoms with van der Waals surface area (Å²) in [7, 11) is 1.61. The van der Waals surface area contributed by atoms with Crippen LogP contribution in [0.5, 0.6) is 5.75 Å². The average molecular weight is 505 g/mol. The second-order valence-corrected chi connectivity index (χ2v) is 8.44. The summed E-state index contributed by atoms with van der Waals surface area (Å²) >= 11 is 1.47. The number of hydrogen-bond donors (Lipinski definition) is 0. The van der Waals surface area contributed by atoms with E-state index < -0.39 is 4.92 Å². The first kappa shape index (κ1) is 27.2. The lowest BCUT2D eigenvalue weighted by Crippen LogP contribution is -2.38. The van der Waals surface area contributed by atoms with Crippen molar-refractivity contribution in [3.8, 4) is 5.75 Å². The summed E-state index contributed by atoms with van der Waals surface area (Å²) in [4.78, 5) is 32.3. The quantitative estimate of drug-likeness (QED) is 0.210. The minimum Gasteiger partial charge on any atom is -0.494 e. The molecule has 0 bridgehead atoms. The second kappa shape index (κ2) is 12.5. The Bertz CT molecular complexity index is 1160. The summed E-state index contributed by atoms with van der Waals surface area (Å²) in [5, 5.41) is 11.5. The summed E-state index contributed by atoms with van der Waals surface area (Å²) in [6.07, 6.45) is 3.15. The zero-order valence-corrected chi connectivity index (χ0v) is 21.3. The molecule has 0 fully saturated rings. The van der Waals surface area contributed by atoms with Gasteiger partial charge in [-0.3, -0.25) is 19.8 Å². The molecule has 3 rings (SSSR count). The summed E-state index contributed by atoms with van der Waals surface area (Å²) in [5.74, 6) is 0.479. The topological polar surface area (TPSA) is 88.8 Å². The molecular formula is C24H29ClN4O4S. The van der Waals surface area contributed by atoms with E-state index in [1.54, 1.807) is 30.2 Å². The Kier molecular flexibility index (Phi) is 9.97. The third-order valence-corrected chi connectivity index (χ3v) is 6.68. The van der Waals surface area contributed by atoms with Gasteiger partial charge in [-0.1, -0.05) is 31.3 Å². The van der Waals surface area contributed by atoms with Crippen molar-refractivity contribution in [3.63, 3.8) is 0 Å². The number of fused-ring (bicyclic) bond motifs is 1. The van der Waals surface area contributed by atoms with Crippen molar-refractivity contribution >= 4 is 56.8 Å². The number of anilines is 1. The predicted molar refractivity (Wildman–Crippen MR) is 140 cm³/mol.